The van der Waals surface area contributed by atoms with Gasteiger partial charge in [-0.3, -0.25) is 4.79 Å². The topological polar surface area (TPSA) is 117 Å². The number of alkyl halides is 3. The van der Waals surface area contributed by atoms with Crippen LogP contribution in [0.4, 0.5) is 23.4 Å². The van der Waals surface area contributed by atoms with Crippen molar-refractivity contribution in [3.8, 4) is 0 Å². The third kappa shape index (κ3) is 8.85. The molecular weight excluding hydrogens is 522 g/mol. The Labute approximate surface area is 224 Å². The molecule has 39 heavy (non-hydrogen) atoms. The molecule has 3 N–H and O–H groups in total. The largest absolute Gasteiger partial charge is 0.490 e. The van der Waals surface area contributed by atoms with Crippen LogP contribution in [0.1, 0.15) is 60.3 Å². The van der Waals surface area contributed by atoms with Crippen molar-refractivity contribution in [2.45, 2.75) is 56.8 Å². The van der Waals surface area contributed by atoms with Crippen molar-refractivity contribution in [1.29, 1.82) is 0 Å². The molecule has 1 unspecified atom stereocenters. The molecule has 2 aliphatic rings. The van der Waals surface area contributed by atoms with E-state index >= 15 is 0 Å². The number of carboxylic acids is 1. The van der Waals surface area contributed by atoms with E-state index in [0.717, 1.165) is 44.6 Å². The van der Waals surface area contributed by atoms with E-state index in [4.69, 9.17) is 19.6 Å². The number of benzene rings is 1. The zero-order valence-electron chi connectivity index (χ0n) is 21.8. The molecule has 2 aromatic rings. The van der Waals surface area contributed by atoms with Gasteiger partial charge in [0.05, 0.1) is 18.0 Å². The molecule has 0 radical (unpaired) electrons. The SMILES string of the molecule is COC1CC(NC(=O)c2cnc(NCCN3CCCC3)c(C(C)c3ccc(F)cc3)n2)C1.O=C(O)C(F)(F)F. The summed E-state index contributed by atoms with van der Waals surface area (Å²) in [4.78, 5) is 33.3. The van der Waals surface area contributed by atoms with Gasteiger partial charge in [0.25, 0.3) is 5.91 Å². The highest BCUT2D eigenvalue weighted by Gasteiger charge is 2.38. The highest BCUT2D eigenvalue weighted by atomic mass is 19.4. The second-order valence-corrected chi connectivity index (χ2v) is 9.54. The molecule has 2 heterocycles. The molecule has 0 spiro atoms. The minimum Gasteiger partial charge on any atom is -0.475 e. The first kappa shape index (κ1) is 30.2. The van der Waals surface area contributed by atoms with E-state index in [2.05, 4.69) is 20.5 Å². The maximum atomic E-state index is 13.4. The lowest BCUT2D eigenvalue weighted by molar-refractivity contribution is -0.192. The lowest BCUT2D eigenvalue weighted by Crippen LogP contribution is -2.47. The minimum atomic E-state index is -5.08. The molecule has 214 valence electrons. The van der Waals surface area contributed by atoms with Crippen molar-refractivity contribution in [2.75, 3.05) is 38.6 Å². The number of hydrogen-bond acceptors (Lipinski definition) is 7. The van der Waals surface area contributed by atoms with E-state index in [1.54, 1.807) is 19.2 Å². The van der Waals surface area contributed by atoms with E-state index in [-0.39, 0.29) is 29.8 Å². The number of carbonyl (C=O) groups is 2. The van der Waals surface area contributed by atoms with Crippen molar-refractivity contribution in [2.24, 2.45) is 0 Å². The predicted molar refractivity (Wildman–Crippen MR) is 135 cm³/mol. The summed E-state index contributed by atoms with van der Waals surface area (Å²) >= 11 is 0. The number of amides is 1. The standard InChI is InChI=1S/C24H32FN5O2.C2HF3O2/c1-16(17-5-7-18(25)8-6-17)22-23(26-9-12-30-10-3-4-11-30)27-15-21(29-22)24(31)28-19-13-20(14-19)32-2;3-2(4,5)1(6)7/h5-8,15-16,19-20H,3-4,9-14H2,1-2H3,(H,26,27)(H,28,31);(H,6,7). The molecular formula is C26H33F4N5O4. The van der Waals surface area contributed by atoms with Gasteiger partial charge in [-0.2, -0.15) is 13.2 Å². The number of methoxy groups -OCH3 is 1. The van der Waals surface area contributed by atoms with Gasteiger partial charge in [0.2, 0.25) is 0 Å². The number of halogens is 4. The Bertz CT molecular complexity index is 1100. The Morgan fingerprint density at radius 2 is 1.79 bits per heavy atom. The molecule has 9 nitrogen and oxygen atoms in total. The zero-order chi connectivity index (χ0) is 28.6. The number of hydrogen-bond donors (Lipinski definition) is 3. The van der Waals surface area contributed by atoms with E-state index < -0.39 is 12.1 Å². The van der Waals surface area contributed by atoms with Gasteiger partial charge >= 0.3 is 12.1 Å². The monoisotopic (exact) mass is 555 g/mol. The Morgan fingerprint density at radius 1 is 1.18 bits per heavy atom. The molecule has 0 bridgehead atoms. The van der Waals surface area contributed by atoms with Crippen LogP contribution in [0.25, 0.3) is 0 Å². The number of ether oxygens (including phenoxy) is 1. The third-order valence-corrected chi connectivity index (χ3v) is 6.74. The molecule has 1 aromatic carbocycles. The molecule has 4 rings (SSSR count). The molecule has 1 aromatic heterocycles. The molecule has 1 atom stereocenters. The van der Waals surface area contributed by atoms with Crippen LogP contribution in [0.15, 0.2) is 30.5 Å². The predicted octanol–water partition coefficient (Wildman–Crippen LogP) is 3.82. The number of nitrogens with zero attached hydrogens (tertiary/aromatic N) is 3. The Hall–Kier alpha value is -3.32. The Morgan fingerprint density at radius 3 is 2.36 bits per heavy atom. The number of nitrogens with one attached hydrogen (secondary N) is 2. The minimum absolute atomic E-state index is 0.102. The van der Waals surface area contributed by atoms with Gasteiger partial charge < -0.3 is 25.4 Å². The number of likely N-dealkylation sites (tertiary alicyclic amines) is 1. The molecule has 1 amide bonds. The van der Waals surface area contributed by atoms with Crippen LogP contribution in [0.5, 0.6) is 0 Å². The van der Waals surface area contributed by atoms with Gasteiger partial charge in [-0.25, -0.2) is 19.2 Å². The molecule has 1 saturated heterocycles. The highest BCUT2D eigenvalue weighted by Crippen LogP contribution is 2.28. The Kier molecular flexibility index (Phi) is 10.6. The van der Waals surface area contributed by atoms with Crippen molar-refractivity contribution in [3.05, 3.63) is 53.2 Å². The number of rotatable bonds is 9. The van der Waals surface area contributed by atoms with Crippen LogP contribution in [0.2, 0.25) is 0 Å². The van der Waals surface area contributed by atoms with Crippen LogP contribution in [-0.4, -0.2) is 83.5 Å². The van der Waals surface area contributed by atoms with Gasteiger partial charge in [-0.05, 0) is 56.5 Å². The van der Waals surface area contributed by atoms with E-state index in [0.29, 0.717) is 17.2 Å². The molecule has 2 fully saturated rings. The van der Waals surface area contributed by atoms with Gasteiger partial charge in [-0.15, -0.1) is 0 Å². The fourth-order valence-corrected chi connectivity index (χ4v) is 4.33. The second kappa shape index (κ2) is 13.7. The van der Waals surface area contributed by atoms with Crippen LogP contribution in [0.3, 0.4) is 0 Å². The van der Waals surface area contributed by atoms with Crippen LogP contribution in [0, 0.1) is 5.82 Å². The van der Waals surface area contributed by atoms with Gasteiger partial charge in [0.1, 0.15) is 17.3 Å². The molecule has 1 saturated carbocycles. The van der Waals surface area contributed by atoms with Crippen LogP contribution >= 0.6 is 0 Å². The summed E-state index contributed by atoms with van der Waals surface area (Å²) in [6, 6.07) is 6.49. The summed E-state index contributed by atoms with van der Waals surface area (Å²) in [6.07, 6.45) is 0.782. The van der Waals surface area contributed by atoms with Crippen molar-refractivity contribution in [3.63, 3.8) is 0 Å². The summed E-state index contributed by atoms with van der Waals surface area (Å²) in [5, 5.41) is 13.5. The highest BCUT2D eigenvalue weighted by molar-refractivity contribution is 5.92. The number of aromatic nitrogens is 2. The van der Waals surface area contributed by atoms with E-state index in [1.807, 2.05) is 6.92 Å². The van der Waals surface area contributed by atoms with E-state index in [1.165, 1.54) is 31.2 Å². The lowest BCUT2D eigenvalue weighted by Gasteiger charge is -2.34. The maximum absolute atomic E-state index is 13.4. The first-order valence-electron chi connectivity index (χ1n) is 12.7. The second-order valence-electron chi connectivity index (χ2n) is 9.54. The zero-order valence-corrected chi connectivity index (χ0v) is 21.8. The number of carbonyl (C=O) groups excluding carboxylic acids is 1. The fraction of sp³-hybridized carbons (Fsp3) is 0.538. The van der Waals surface area contributed by atoms with Gasteiger partial charge in [0.15, 0.2) is 0 Å². The molecule has 1 aliphatic carbocycles. The first-order valence-corrected chi connectivity index (χ1v) is 12.7. The van der Waals surface area contributed by atoms with Crippen molar-refractivity contribution < 1.29 is 37.0 Å². The summed E-state index contributed by atoms with van der Waals surface area (Å²) in [7, 11) is 1.69. The average molecular weight is 556 g/mol. The van der Waals surface area contributed by atoms with Gasteiger partial charge in [0, 0.05) is 32.2 Å². The fourth-order valence-electron chi connectivity index (χ4n) is 4.33. The van der Waals surface area contributed by atoms with Crippen molar-refractivity contribution in [1.82, 2.24) is 20.2 Å². The van der Waals surface area contributed by atoms with Crippen LogP contribution < -0.4 is 10.6 Å². The number of aliphatic carboxylic acids is 1. The quantitative estimate of drug-likeness (QED) is 0.400. The molecule has 13 heteroatoms. The summed E-state index contributed by atoms with van der Waals surface area (Å²) < 4.78 is 50.4. The average Bonchev–Trinajstić information content (AvgIpc) is 3.39. The number of carboxylic acid groups (broad SMARTS) is 1. The summed E-state index contributed by atoms with van der Waals surface area (Å²) in [5.74, 6) is -2.74. The maximum Gasteiger partial charge on any atom is 0.490 e. The summed E-state index contributed by atoms with van der Waals surface area (Å²) in [6.45, 7) is 5.97. The number of anilines is 1. The lowest BCUT2D eigenvalue weighted by atomic mass is 9.89. The normalized spacial score (nSPS) is 19.8. The third-order valence-electron chi connectivity index (χ3n) is 6.74. The summed E-state index contributed by atoms with van der Waals surface area (Å²) in [5.41, 5.74) is 1.90. The smallest absolute Gasteiger partial charge is 0.475 e. The van der Waals surface area contributed by atoms with Crippen LogP contribution in [-0.2, 0) is 9.53 Å². The first-order chi connectivity index (χ1) is 18.5. The van der Waals surface area contributed by atoms with Gasteiger partial charge in [-0.1, -0.05) is 19.1 Å². The van der Waals surface area contributed by atoms with E-state index in [9.17, 15) is 22.4 Å². The Balaban J connectivity index is 0.000000532. The van der Waals surface area contributed by atoms with Crippen molar-refractivity contribution >= 4 is 17.7 Å². The molecule has 1 aliphatic heterocycles.